The van der Waals surface area contributed by atoms with Crippen LogP contribution in [0, 0.1) is 0 Å². The molecule has 0 radical (unpaired) electrons. The van der Waals surface area contributed by atoms with Gasteiger partial charge in [-0.3, -0.25) is 9.59 Å². The molecule has 2 amide bonds. The molecule has 5 nitrogen and oxygen atoms in total. The van der Waals surface area contributed by atoms with E-state index in [9.17, 15) is 9.59 Å². The molecule has 1 fully saturated rings. The quantitative estimate of drug-likeness (QED) is 0.894. The van der Waals surface area contributed by atoms with Crippen molar-refractivity contribution in [1.82, 2.24) is 10.6 Å². The average Bonchev–Trinajstić information content (AvgIpc) is 2.54. The first-order valence-electron chi connectivity index (χ1n) is 7.40. The van der Waals surface area contributed by atoms with Crippen LogP contribution in [-0.2, 0) is 4.79 Å². The van der Waals surface area contributed by atoms with Gasteiger partial charge in [0.25, 0.3) is 5.91 Å². The Hall–Kier alpha value is -1.75. The Kier molecular flexibility index (Phi) is 5.29. The molecule has 0 bridgehead atoms. The molecule has 120 valence electrons. The summed E-state index contributed by atoms with van der Waals surface area (Å²) in [6, 6.07) is 4.83. The molecular formula is C16H21ClN2O3. The highest BCUT2D eigenvalue weighted by molar-refractivity contribution is 6.30. The summed E-state index contributed by atoms with van der Waals surface area (Å²) in [6.07, 6.45) is 4.22. The third-order valence-corrected chi connectivity index (χ3v) is 4.36. The first-order valence-corrected chi connectivity index (χ1v) is 7.78. The molecule has 2 rings (SSSR count). The maximum Gasteiger partial charge on any atom is 0.255 e. The van der Waals surface area contributed by atoms with Gasteiger partial charge in [-0.25, -0.2) is 0 Å². The number of likely N-dealkylation sites (N-methyl/N-ethyl adjacent to an activating group) is 1. The van der Waals surface area contributed by atoms with E-state index in [1.165, 1.54) is 7.11 Å². The van der Waals surface area contributed by atoms with Crippen molar-refractivity contribution in [3.63, 3.8) is 0 Å². The molecule has 0 aromatic heterocycles. The number of hydrogen-bond acceptors (Lipinski definition) is 3. The third kappa shape index (κ3) is 3.35. The lowest BCUT2D eigenvalue weighted by atomic mass is 9.80. The van der Waals surface area contributed by atoms with Gasteiger partial charge < -0.3 is 15.4 Å². The maximum atomic E-state index is 12.6. The molecule has 22 heavy (non-hydrogen) atoms. The van der Waals surface area contributed by atoms with Crippen LogP contribution in [0.2, 0.25) is 5.02 Å². The number of methoxy groups -OCH3 is 1. The number of rotatable bonds is 4. The first-order chi connectivity index (χ1) is 10.5. The normalized spacial score (nSPS) is 16.7. The topological polar surface area (TPSA) is 67.4 Å². The molecule has 0 aliphatic heterocycles. The number of halogens is 1. The highest BCUT2D eigenvalue weighted by Gasteiger charge is 2.40. The van der Waals surface area contributed by atoms with Gasteiger partial charge in [0, 0.05) is 12.1 Å². The van der Waals surface area contributed by atoms with Gasteiger partial charge in [-0.05, 0) is 31.0 Å². The number of nitrogens with one attached hydrogen (secondary N) is 2. The fourth-order valence-corrected chi connectivity index (χ4v) is 3.10. The number of benzene rings is 1. The molecule has 6 heteroatoms. The molecule has 0 heterocycles. The summed E-state index contributed by atoms with van der Waals surface area (Å²) in [4.78, 5) is 24.9. The molecule has 1 aliphatic carbocycles. The van der Waals surface area contributed by atoms with Crippen molar-refractivity contribution in [2.24, 2.45) is 0 Å². The van der Waals surface area contributed by atoms with Gasteiger partial charge in [-0.1, -0.05) is 30.9 Å². The monoisotopic (exact) mass is 324 g/mol. The Labute approximate surface area is 135 Å². The molecule has 0 spiro atoms. The number of ether oxygens (including phenoxy) is 1. The minimum atomic E-state index is -0.839. The lowest BCUT2D eigenvalue weighted by Crippen LogP contribution is -2.59. The summed E-state index contributed by atoms with van der Waals surface area (Å²) in [7, 11) is 3.07. The smallest absolute Gasteiger partial charge is 0.255 e. The largest absolute Gasteiger partial charge is 0.496 e. The predicted octanol–water partition coefficient (Wildman–Crippen LogP) is 2.53. The lowest BCUT2D eigenvalue weighted by molar-refractivity contribution is -0.128. The van der Waals surface area contributed by atoms with Crippen molar-refractivity contribution in [3.05, 3.63) is 28.8 Å². The molecule has 1 aromatic carbocycles. The van der Waals surface area contributed by atoms with Crippen molar-refractivity contribution in [2.75, 3.05) is 14.2 Å². The van der Waals surface area contributed by atoms with E-state index in [1.54, 1.807) is 25.2 Å². The Morgan fingerprint density at radius 1 is 1.23 bits per heavy atom. The van der Waals surface area contributed by atoms with Crippen molar-refractivity contribution in [2.45, 2.75) is 37.6 Å². The third-order valence-electron chi connectivity index (χ3n) is 4.13. The summed E-state index contributed by atoms with van der Waals surface area (Å²) in [5, 5.41) is 6.08. The van der Waals surface area contributed by atoms with Gasteiger partial charge in [-0.15, -0.1) is 0 Å². The molecule has 0 unspecified atom stereocenters. The van der Waals surface area contributed by atoms with Crippen molar-refractivity contribution in [3.8, 4) is 5.75 Å². The van der Waals surface area contributed by atoms with Gasteiger partial charge in [0.15, 0.2) is 0 Å². The molecule has 1 aliphatic rings. The fourth-order valence-electron chi connectivity index (χ4n) is 2.94. The van der Waals surface area contributed by atoms with Crippen LogP contribution in [0.5, 0.6) is 5.75 Å². The number of carbonyl (C=O) groups excluding carboxylic acids is 2. The van der Waals surface area contributed by atoms with Crippen molar-refractivity contribution in [1.29, 1.82) is 0 Å². The standard InChI is InChI=1S/C16H21ClN2O3/c1-18-15(21)16(8-4-3-5-9-16)19-14(20)12-7-6-11(17)10-13(12)22-2/h6-7,10H,3-5,8-9H2,1-2H3,(H,18,21)(H,19,20). The summed E-state index contributed by atoms with van der Waals surface area (Å²) in [6.45, 7) is 0. The van der Waals surface area contributed by atoms with Crippen molar-refractivity contribution >= 4 is 23.4 Å². The van der Waals surface area contributed by atoms with Gasteiger partial charge in [0.1, 0.15) is 11.3 Å². The highest BCUT2D eigenvalue weighted by atomic mass is 35.5. The Bertz CT molecular complexity index is 569. The van der Waals surface area contributed by atoms with Crippen LogP contribution < -0.4 is 15.4 Å². The average molecular weight is 325 g/mol. The van der Waals surface area contributed by atoms with E-state index in [1.807, 2.05) is 0 Å². The van der Waals surface area contributed by atoms with E-state index >= 15 is 0 Å². The van der Waals surface area contributed by atoms with E-state index < -0.39 is 5.54 Å². The van der Waals surface area contributed by atoms with Crippen molar-refractivity contribution < 1.29 is 14.3 Å². The Morgan fingerprint density at radius 2 is 1.91 bits per heavy atom. The molecule has 1 aromatic rings. The van der Waals surface area contributed by atoms with Gasteiger partial charge in [0.2, 0.25) is 5.91 Å². The van der Waals surface area contributed by atoms with Gasteiger partial charge >= 0.3 is 0 Å². The lowest BCUT2D eigenvalue weighted by Gasteiger charge is -2.36. The van der Waals surface area contributed by atoms with E-state index in [2.05, 4.69) is 10.6 Å². The summed E-state index contributed by atoms with van der Waals surface area (Å²) in [5.74, 6) is -0.0691. The summed E-state index contributed by atoms with van der Waals surface area (Å²) in [5.41, 5.74) is -0.463. The van der Waals surface area contributed by atoms with Crippen LogP contribution in [0.4, 0.5) is 0 Å². The molecule has 2 N–H and O–H groups in total. The van der Waals surface area contributed by atoms with E-state index in [-0.39, 0.29) is 11.8 Å². The molecule has 1 saturated carbocycles. The fraction of sp³-hybridized carbons (Fsp3) is 0.500. The summed E-state index contributed by atoms with van der Waals surface area (Å²) >= 11 is 5.92. The van der Waals surface area contributed by atoms with Crippen LogP contribution in [0.3, 0.4) is 0 Å². The van der Waals surface area contributed by atoms with Crippen LogP contribution in [0.1, 0.15) is 42.5 Å². The van der Waals surface area contributed by atoms with Crippen LogP contribution >= 0.6 is 11.6 Å². The number of hydrogen-bond donors (Lipinski definition) is 2. The van der Waals surface area contributed by atoms with Crippen LogP contribution in [0.15, 0.2) is 18.2 Å². The molecular weight excluding hydrogens is 304 g/mol. The zero-order valence-corrected chi connectivity index (χ0v) is 13.6. The minimum Gasteiger partial charge on any atom is -0.496 e. The zero-order chi connectivity index (χ0) is 16.2. The second-order valence-electron chi connectivity index (χ2n) is 5.52. The van der Waals surface area contributed by atoms with E-state index in [0.717, 1.165) is 19.3 Å². The van der Waals surface area contributed by atoms with E-state index in [0.29, 0.717) is 29.2 Å². The highest BCUT2D eigenvalue weighted by Crippen LogP contribution is 2.30. The second kappa shape index (κ2) is 7.01. The molecule has 0 atom stereocenters. The van der Waals surface area contributed by atoms with Gasteiger partial charge in [-0.2, -0.15) is 0 Å². The second-order valence-corrected chi connectivity index (χ2v) is 5.96. The summed E-state index contributed by atoms with van der Waals surface area (Å²) < 4.78 is 5.21. The SMILES string of the molecule is CNC(=O)C1(NC(=O)c2ccc(Cl)cc2OC)CCCCC1. The minimum absolute atomic E-state index is 0.145. The Morgan fingerprint density at radius 3 is 2.50 bits per heavy atom. The van der Waals surface area contributed by atoms with Crippen LogP contribution in [0.25, 0.3) is 0 Å². The zero-order valence-electron chi connectivity index (χ0n) is 12.9. The number of carbonyl (C=O) groups is 2. The predicted molar refractivity (Wildman–Crippen MR) is 85.4 cm³/mol. The maximum absolute atomic E-state index is 12.6. The Balaban J connectivity index is 2.27. The van der Waals surface area contributed by atoms with Crippen LogP contribution in [-0.4, -0.2) is 31.5 Å². The van der Waals surface area contributed by atoms with Gasteiger partial charge in [0.05, 0.1) is 12.7 Å². The molecule has 0 saturated heterocycles. The van der Waals surface area contributed by atoms with E-state index in [4.69, 9.17) is 16.3 Å². The first kappa shape index (κ1) is 16.6. The number of amides is 2.